The molecule has 0 bridgehead atoms. The number of benzene rings is 1. The Labute approximate surface area is 172 Å². The Bertz CT molecular complexity index is 1010. The fraction of sp³-hybridized carbons (Fsp3) is 0.280. The largest absolute Gasteiger partial charge is 0.230 e. The van der Waals surface area contributed by atoms with Crippen LogP contribution in [0.5, 0.6) is 0 Å². The van der Waals surface area contributed by atoms with Crippen LogP contribution < -0.4 is 0 Å². The van der Waals surface area contributed by atoms with Crippen molar-refractivity contribution in [1.82, 2.24) is 5.01 Å². The number of nitrogens with zero attached hydrogens (tertiary/aromatic N) is 2. The van der Waals surface area contributed by atoms with Gasteiger partial charge in [-0.15, -0.1) is 0 Å². The lowest BCUT2D eigenvalue weighted by atomic mass is 9.80. The molecule has 2 atom stereocenters. The molecule has 0 saturated heterocycles. The predicted molar refractivity (Wildman–Crippen MR) is 119 cm³/mol. The first-order valence-corrected chi connectivity index (χ1v) is 10.3. The van der Waals surface area contributed by atoms with Crippen molar-refractivity contribution in [2.45, 2.75) is 33.6 Å². The highest BCUT2D eigenvalue weighted by molar-refractivity contribution is 6.30. The fourth-order valence-electron chi connectivity index (χ4n) is 4.07. The van der Waals surface area contributed by atoms with Crippen LogP contribution in [0, 0.1) is 11.8 Å². The highest BCUT2D eigenvalue weighted by Crippen LogP contribution is 2.41. The molecule has 142 valence electrons. The Balaban J connectivity index is 1.94. The first kappa shape index (κ1) is 18.8. The van der Waals surface area contributed by atoms with E-state index in [0.29, 0.717) is 11.8 Å². The average molecular weight is 389 g/mol. The highest BCUT2D eigenvalue weighted by atomic mass is 35.5. The van der Waals surface area contributed by atoms with Gasteiger partial charge >= 0.3 is 0 Å². The zero-order valence-corrected chi connectivity index (χ0v) is 17.4. The molecule has 0 saturated carbocycles. The van der Waals surface area contributed by atoms with E-state index < -0.39 is 0 Å². The van der Waals surface area contributed by atoms with Crippen LogP contribution in [0.25, 0.3) is 5.57 Å². The van der Waals surface area contributed by atoms with Crippen molar-refractivity contribution in [1.29, 1.82) is 0 Å². The van der Waals surface area contributed by atoms with Gasteiger partial charge in [0.05, 0.1) is 0 Å². The monoisotopic (exact) mass is 388 g/mol. The topological polar surface area (TPSA) is 15.6 Å². The quantitative estimate of drug-likeness (QED) is 0.503. The number of halogens is 1. The maximum absolute atomic E-state index is 6.35. The zero-order valence-electron chi connectivity index (χ0n) is 16.6. The molecular weight excluding hydrogens is 364 g/mol. The minimum atomic E-state index is 0.418. The van der Waals surface area contributed by atoms with E-state index in [1.807, 2.05) is 29.4 Å². The van der Waals surface area contributed by atoms with E-state index in [-0.39, 0.29) is 0 Å². The van der Waals surface area contributed by atoms with Crippen LogP contribution in [-0.2, 0) is 0 Å². The lowest BCUT2D eigenvalue weighted by Gasteiger charge is -2.28. The molecule has 0 fully saturated rings. The molecule has 0 aromatic heterocycles. The number of rotatable bonds is 2. The summed E-state index contributed by atoms with van der Waals surface area (Å²) in [4.78, 5) is 0. The molecule has 2 heterocycles. The molecule has 2 nitrogen and oxygen atoms in total. The van der Waals surface area contributed by atoms with Gasteiger partial charge in [0, 0.05) is 28.9 Å². The van der Waals surface area contributed by atoms with Crippen molar-refractivity contribution in [3.05, 3.63) is 93.5 Å². The van der Waals surface area contributed by atoms with Gasteiger partial charge in [0.2, 0.25) is 0 Å². The molecule has 4 rings (SSSR count). The van der Waals surface area contributed by atoms with Crippen molar-refractivity contribution < 1.29 is 0 Å². The Morgan fingerprint density at radius 3 is 2.82 bits per heavy atom. The maximum atomic E-state index is 6.35. The lowest BCUT2D eigenvalue weighted by Crippen LogP contribution is -2.18. The minimum absolute atomic E-state index is 0.418. The van der Waals surface area contributed by atoms with Crippen molar-refractivity contribution in [3.63, 3.8) is 0 Å². The third-order valence-electron chi connectivity index (χ3n) is 5.83. The zero-order chi connectivity index (χ0) is 19.7. The van der Waals surface area contributed by atoms with E-state index >= 15 is 0 Å². The second-order valence-electron chi connectivity index (χ2n) is 7.65. The van der Waals surface area contributed by atoms with Crippen LogP contribution in [0.1, 0.15) is 39.2 Å². The number of hydrazone groups is 1. The third-order valence-corrected chi connectivity index (χ3v) is 6.07. The van der Waals surface area contributed by atoms with Crippen LogP contribution in [-0.4, -0.2) is 11.2 Å². The smallest absolute Gasteiger partial charge is 0.106 e. The lowest BCUT2D eigenvalue weighted by molar-refractivity contribution is 0.465. The van der Waals surface area contributed by atoms with Gasteiger partial charge in [0.25, 0.3) is 0 Å². The first-order chi connectivity index (χ1) is 13.6. The Kier molecular flexibility index (Phi) is 5.26. The molecule has 1 aliphatic carbocycles. The Morgan fingerprint density at radius 1 is 1.14 bits per heavy atom. The summed E-state index contributed by atoms with van der Waals surface area (Å²) in [6.07, 6.45) is 14.7. The van der Waals surface area contributed by atoms with Crippen molar-refractivity contribution in [2.24, 2.45) is 16.9 Å². The summed E-state index contributed by atoms with van der Waals surface area (Å²) >= 11 is 6.35. The Morgan fingerprint density at radius 2 is 2.00 bits per heavy atom. The standard InChI is InChI=1S/C25H25ClN2/c1-17-8-6-12-24(25(18(17)2)20-9-7-10-21(26)16-20)23-14-13-22-11-4-5-15-27-28(22)19(23)3/h4,6-7,9-10,12-18H,5,8H2,1-3H3. The summed E-state index contributed by atoms with van der Waals surface area (Å²) in [6.45, 7) is 6.79. The van der Waals surface area contributed by atoms with Gasteiger partial charge in [-0.05, 0) is 72.3 Å². The van der Waals surface area contributed by atoms with Crippen LogP contribution >= 0.6 is 11.6 Å². The molecule has 1 aromatic carbocycles. The molecule has 1 aromatic rings. The first-order valence-electron chi connectivity index (χ1n) is 9.90. The molecule has 0 amide bonds. The van der Waals surface area contributed by atoms with E-state index in [9.17, 15) is 0 Å². The number of allylic oxidation sites excluding steroid dienone is 8. The van der Waals surface area contributed by atoms with Gasteiger partial charge in [-0.25, -0.2) is 5.01 Å². The van der Waals surface area contributed by atoms with Gasteiger partial charge in [0.1, 0.15) is 5.70 Å². The van der Waals surface area contributed by atoms with E-state index in [1.54, 1.807) is 0 Å². The number of fused-ring (bicyclic) bond motifs is 1. The van der Waals surface area contributed by atoms with Gasteiger partial charge < -0.3 is 0 Å². The second kappa shape index (κ2) is 7.83. The molecule has 2 unspecified atom stereocenters. The molecule has 0 spiro atoms. The summed E-state index contributed by atoms with van der Waals surface area (Å²) in [5.41, 5.74) is 10.5. The maximum Gasteiger partial charge on any atom is 0.106 e. The van der Waals surface area contributed by atoms with Crippen LogP contribution in [0.15, 0.2) is 88.0 Å². The minimum Gasteiger partial charge on any atom is -0.230 e. The fourth-order valence-corrected chi connectivity index (χ4v) is 4.26. The van der Waals surface area contributed by atoms with Gasteiger partial charge in [-0.3, -0.25) is 0 Å². The summed E-state index contributed by atoms with van der Waals surface area (Å²) in [6, 6.07) is 8.23. The van der Waals surface area contributed by atoms with Crippen LogP contribution in [0.3, 0.4) is 0 Å². The summed E-state index contributed by atoms with van der Waals surface area (Å²) in [5.74, 6) is 0.979. The second-order valence-corrected chi connectivity index (χ2v) is 8.09. The summed E-state index contributed by atoms with van der Waals surface area (Å²) in [5, 5.41) is 7.41. The normalized spacial score (nSPS) is 24.3. The van der Waals surface area contributed by atoms with Crippen LogP contribution in [0.4, 0.5) is 0 Å². The highest BCUT2D eigenvalue weighted by Gasteiger charge is 2.27. The number of hydrogen-bond acceptors (Lipinski definition) is 2. The van der Waals surface area contributed by atoms with Crippen molar-refractivity contribution in [2.75, 3.05) is 0 Å². The van der Waals surface area contributed by atoms with Crippen LogP contribution in [0.2, 0.25) is 5.02 Å². The van der Waals surface area contributed by atoms with Crippen molar-refractivity contribution in [3.8, 4) is 0 Å². The summed E-state index contributed by atoms with van der Waals surface area (Å²) < 4.78 is 0. The predicted octanol–water partition coefficient (Wildman–Crippen LogP) is 6.90. The Hall–Kier alpha value is -2.54. The molecule has 0 N–H and O–H groups in total. The molecule has 28 heavy (non-hydrogen) atoms. The third kappa shape index (κ3) is 3.46. The molecule has 3 aliphatic rings. The van der Waals surface area contributed by atoms with Crippen molar-refractivity contribution >= 4 is 23.4 Å². The van der Waals surface area contributed by atoms with Gasteiger partial charge in [0.15, 0.2) is 0 Å². The van der Waals surface area contributed by atoms with E-state index in [1.165, 1.54) is 22.3 Å². The SMILES string of the molecule is CC1=C(C2=C(c3cccc(Cl)c3)C(C)C(C)CC=C2)C=CC2=C=CCC=NN21. The average Bonchev–Trinajstić information content (AvgIpc) is 3.00. The molecule has 2 aliphatic heterocycles. The van der Waals surface area contributed by atoms with E-state index in [4.69, 9.17) is 11.6 Å². The van der Waals surface area contributed by atoms with Gasteiger partial charge in [-0.1, -0.05) is 55.5 Å². The molecular formula is C25H25ClN2. The summed E-state index contributed by atoms with van der Waals surface area (Å²) in [7, 11) is 0. The van der Waals surface area contributed by atoms with E-state index in [2.05, 4.69) is 68.0 Å². The molecule has 0 radical (unpaired) electrons. The van der Waals surface area contributed by atoms with Gasteiger partial charge in [-0.2, -0.15) is 5.10 Å². The van der Waals surface area contributed by atoms with E-state index in [0.717, 1.165) is 29.3 Å². The number of hydrogen-bond donors (Lipinski definition) is 0. The molecule has 3 heteroatoms.